The molecule has 2 rings (SSSR count). The molecule has 1 N–H and O–H groups in total. The number of halogens is 1. The van der Waals surface area contributed by atoms with Gasteiger partial charge in [0.05, 0.1) is 10.7 Å². The van der Waals surface area contributed by atoms with Crippen LogP contribution >= 0.6 is 22.9 Å². The third kappa shape index (κ3) is 4.50. The number of unbranched alkanes of at least 4 members (excludes halogenated alkanes) is 1. The second-order valence-corrected chi connectivity index (χ2v) is 5.69. The normalized spacial score (nSPS) is 10.9. The lowest BCUT2D eigenvalue weighted by atomic mass is 10.3. The number of aryl methyl sites for hydroxylation is 1. The summed E-state index contributed by atoms with van der Waals surface area (Å²) in [5.74, 6) is 0. The van der Waals surface area contributed by atoms with Crippen molar-refractivity contribution in [2.24, 2.45) is 0 Å². The SMILES string of the molecule is Clc1ccc(CNCCCCn2ccnc2)s1. The number of rotatable bonds is 7. The van der Waals surface area contributed by atoms with E-state index in [1.807, 2.05) is 24.8 Å². The fraction of sp³-hybridized carbons (Fsp3) is 0.417. The smallest absolute Gasteiger partial charge is 0.0945 e. The van der Waals surface area contributed by atoms with Crippen molar-refractivity contribution < 1.29 is 0 Å². The zero-order chi connectivity index (χ0) is 11.9. The lowest BCUT2D eigenvalue weighted by Crippen LogP contribution is -2.14. The maximum Gasteiger partial charge on any atom is 0.0945 e. The van der Waals surface area contributed by atoms with Crippen LogP contribution in [0, 0.1) is 0 Å². The van der Waals surface area contributed by atoms with Crippen molar-refractivity contribution in [2.75, 3.05) is 6.54 Å². The van der Waals surface area contributed by atoms with E-state index < -0.39 is 0 Å². The van der Waals surface area contributed by atoms with Crippen molar-refractivity contribution in [3.63, 3.8) is 0 Å². The van der Waals surface area contributed by atoms with Gasteiger partial charge in [0.15, 0.2) is 0 Å². The second kappa shape index (κ2) is 6.79. The Balaban J connectivity index is 1.52. The quantitative estimate of drug-likeness (QED) is 0.783. The molecule has 3 nitrogen and oxygen atoms in total. The van der Waals surface area contributed by atoms with Gasteiger partial charge in [-0.25, -0.2) is 4.98 Å². The van der Waals surface area contributed by atoms with Gasteiger partial charge >= 0.3 is 0 Å². The van der Waals surface area contributed by atoms with Crippen LogP contribution in [0.4, 0.5) is 0 Å². The van der Waals surface area contributed by atoms with Crippen LogP contribution < -0.4 is 5.32 Å². The molecule has 0 saturated carbocycles. The van der Waals surface area contributed by atoms with Gasteiger partial charge < -0.3 is 9.88 Å². The molecule has 0 spiro atoms. The fourth-order valence-electron chi connectivity index (χ4n) is 1.62. The molecule has 0 radical (unpaired) electrons. The van der Waals surface area contributed by atoms with E-state index in [0.717, 1.165) is 24.0 Å². The fourth-order valence-corrected chi connectivity index (χ4v) is 2.68. The molecular weight excluding hydrogens is 254 g/mol. The number of hydrogen-bond acceptors (Lipinski definition) is 3. The van der Waals surface area contributed by atoms with E-state index in [-0.39, 0.29) is 0 Å². The highest BCUT2D eigenvalue weighted by atomic mass is 35.5. The van der Waals surface area contributed by atoms with Crippen LogP contribution in [0.3, 0.4) is 0 Å². The number of imidazole rings is 1. The zero-order valence-corrected chi connectivity index (χ0v) is 11.2. The zero-order valence-electron chi connectivity index (χ0n) is 9.60. The standard InChI is InChI=1S/C12H16ClN3S/c13-12-4-3-11(17-12)9-14-5-1-2-7-16-8-6-15-10-16/h3-4,6,8,10,14H,1-2,5,7,9H2. The van der Waals surface area contributed by atoms with Crippen LogP contribution in [0.1, 0.15) is 17.7 Å². The monoisotopic (exact) mass is 269 g/mol. The second-order valence-electron chi connectivity index (χ2n) is 3.89. The van der Waals surface area contributed by atoms with Gasteiger partial charge in [-0.05, 0) is 31.5 Å². The highest BCUT2D eigenvalue weighted by molar-refractivity contribution is 7.16. The van der Waals surface area contributed by atoms with Gasteiger partial charge in [0.1, 0.15) is 0 Å². The van der Waals surface area contributed by atoms with E-state index in [9.17, 15) is 0 Å². The molecule has 0 aromatic carbocycles. The maximum atomic E-state index is 5.86. The lowest BCUT2D eigenvalue weighted by Gasteiger charge is -2.03. The summed E-state index contributed by atoms with van der Waals surface area (Å²) >= 11 is 7.50. The van der Waals surface area contributed by atoms with Crippen molar-refractivity contribution in [3.8, 4) is 0 Å². The van der Waals surface area contributed by atoms with Crippen molar-refractivity contribution >= 4 is 22.9 Å². The molecule has 5 heteroatoms. The average Bonchev–Trinajstić information content (AvgIpc) is 2.95. The Bertz CT molecular complexity index is 425. The minimum atomic E-state index is 0.863. The maximum absolute atomic E-state index is 5.86. The minimum Gasteiger partial charge on any atom is -0.337 e. The molecule has 0 saturated heterocycles. The molecule has 2 aromatic heterocycles. The predicted molar refractivity (Wildman–Crippen MR) is 72.5 cm³/mol. The van der Waals surface area contributed by atoms with Crippen LogP contribution in [-0.2, 0) is 13.1 Å². The summed E-state index contributed by atoms with van der Waals surface area (Å²) in [5.41, 5.74) is 0. The molecular formula is C12H16ClN3S. The average molecular weight is 270 g/mol. The topological polar surface area (TPSA) is 29.9 Å². The molecule has 2 heterocycles. The summed E-state index contributed by atoms with van der Waals surface area (Å²) in [7, 11) is 0. The van der Waals surface area contributed by atoms with Crippen molar-refractivity contribution in [3.05, 3.63) is 40.1 Å². The summed E-state index contributed by atoms with van der Waals surface area (Å²) in [6.07, 6.45) is 8.03. The van der Waals surface area contributed by atoms with Crippen molar-refractivity contribution in [1.29, 1.82) is 0 Å². The largest absolute Gasteiger partial charge is 0.337 e. The summed E-state index contributed by atoms with van der Waals surface area (Å²) < 4.78 is 2.97. The van der Waals surface area contributed by atoms with Gasteiger partial charge in [-0.15, -0.1) is 11.3 Å². The molecule has 0 aliphatic heterocycles. The van der Waals surface area contributed by atoms with Gasteiger partial charge in [0.25, 0.3) is 0 Å². The molecule has 0 bridgehead atoms. The summed E-state index contributed by atoms with van der Waals surface area (Å²) in [4.78, 5) is 5.31. The molecule has 0 unspecified atom stereocenters. The van der Waals surface area contributed by atoms with Crippen LogP contribution in [0.15, 0.2) is 30.9 Å². The van der Waals surface area contributed by atoms with E-state index >= 15 is 0 Å². The van der Waals surface area contributed by atoms with Crippen molar-refractivity contribution in [1.82, 2.24) is 14.9 Å². The number of aromatic nitrogens is 2. The summed E-state index contributed by atoms with van der Waals surface area (Å²) in [6.45, 7) is 3.01. The van der Waals surface area contributed by atoms with Gasteiger partial charge in [0, 0.05) is 30.4 Å². The van der Waals surface area contributed by atoms with Gasteiger partial charge in [-0.3, -0.25) is 0 Å². The van der Waals surface area contributed by atoms with Crippen LogP contribution in [0.2, 0.25) is 4.34 Å². The Hall–Kier alpha value is -0.840. The number of nitrogens with one attached hydrogen (secondary N) is 1. The molecule has 0 aliphatic rings. The lowest BCUT2D eigenvalue weighted by molar-refractivity contribution is 0.570. The van der Waals surface area contributed by atoms with Crippen LogP contribution in [0.5, 0.6) is 0 Å². The third-order valence-corrected chi connectivity index (χ3v) is 3.74. The Morgan fingerprint density at radius 1 is 1.35 bits per heavy atom. The highest BCUT2D eigenvalue weighted by Crippen LogP contribution is 2.20. The van der Waals surface area contributed by atoms with Gasteiger partial charge in [-0.2, -0.15) is 0 Å². The van der Waals surface area contributed by atoms with E-state index in [1.54, 1.807) is 11.3 Å². The van der Waals surface area contributed by atoms with Crippen molar-refractivity contribution in [2.45, 2.75) is 25.9 Å². The number of nitrogens with zero attached hydrogens (tertiary/aromatic N) is 2. The summed E-state index contributed by atoms with van der Waals surface area (Å²) in [6, 6.07) is 4.02. The van der Waals surface area contributed by atoms with E-state index in [1.165, 1.54) is 17.7 Å². The molecule has 92 valence electrons. The molecule has 17 heavy (non-hydrogen) atoms. The van der Waals surface area contributed by atoms with Gasteiger partial charge in [-0.1, -0.05) is 11.6 Å². The van der Waals surface area contributed by atoms with E-state index in [4.69, 9.17) is 11.6 Å². The molecule has 0 atom stereocenters. The van der Waals surface area contributed by atoms with Gasteiger partial charge in [0.2, 0.25) is 0 Å². The first-order chi connectivity index (χ1) is 8.34. The predicted octanol–water partition coefficient (Wildman–Crippen LogP) is 3.17. The third-order valence-electron chi connectivity index (χ3n) is 2.51. The Morgan fingerprint density at radius 3 is 3.00 bits per heavy atom. The summed E-state index contributed by atoms with van der Waals surface area (Å²) in [5, 5.41) is 3.42. The minimum absolute atomic E-state index is 0.863. The first-order valence-corrected chi connectivity index (χ1v) is 6.95. The van der Waals surface area contributed by atoms with Crippen LogP contribution in [0.25, 0.3) is 0 Å². The van der Waals surface area contributed by atoms with Crippen LogP contribution in [-0.4, -0.2) is 16.1 Å². The van der Waals surface area contributed by atoms with E-state index in [2.05, 4.69) is 20.9 Å². The molecule has 0 amide bonds. The number of thiophene rings is 1. The molecule has 0 fully saturated rings. The van der Waals surface area contributed by atoms with E-state index in [0.29, 0.717) is 0 Å². The number of hydrogen-bond donors (Lipinski definition) is 1. The molecule has 0 aliphatic carbocycles. The first kappa shape index (κ1) is 12.6. The first-order valence-electron chi connectivity index (χ1n) is 5.75. The molecule has 2 aromatic rings. The Labute approximate surface area is 110 Å². The Morgan fingerprint density at radius 2 is 2.29 bits per heavy atom. The Kier molecular flexibility index (Phi) is 5.04. The highest BCUT2D eigenvalue weighted by Gasteiger charge is 1.97.